The van der Waals surface area contributed by atoms with Gasteiger partial charge in [0.25, 0.3) is 0 Å². The summed E-state index contributed by atoms with van der Waals surface area (Å²) in [6, 6.07) is 8.46. The Morgan fingerprint density at radius 2 is 1.89 bits per heavy atom. The molecule has 18 heavy (non-hydrogen) atoms. The number of benzene rings is 1. The molecule has 3 N–H and O–H groups in total. The number of hydrazine groups is 1. The second-order valence-electron chi connectivity index (χ2n) is 5.29. The predicted octanol–water partition coefficient (Wildman–Crippen LogP) is 2.39. The van der Waals surface area contributed by atoms with E-state index in [4.69, 9.17) is 5.84 Å². The summed E-state index contributed by atoms with van der Waals surface area (Å²) in [7, 11) is 0. The van der Waals surface area contributed by atoms with Crippen LogP contribution < -0.4 is 11.3 Å². The minimum absolute atomic E-state index is 0.0426. The summed E-state index contributed by atoms with van der Waals surface area (Å²) in [6.45, 7) is 6.61. The van der Waals surface area contributed by atoms with Gasteiger partial charge in [0.1, 0.15) is 0 Å². The van der Waals surface area contributed by atoms with E-state index in [-0.39, 0.29) is 11.5 Å². The largest absolute Gasteiger partial charge is 0.271 e. The Morgan fingerprint density at radius 3 is 2.33 bits per heavy atom. The van der Waals surface area contributed by atoms with Gasteiger partial charge in [-0.2, -0.15) is 0 Å². The molecule has 0 saturated heterocycles. The number of hydrogen-bond acceptors (Lipinski definition) is 5. The van der Waals surface area contributed by atoms with Gasteiger partial charge in [-0.25, -0.2) is 5.43 Å². The molecule has 96 valence electrons. The lowest BCUT2D eigenvalue weighted by molar-refractivity contribution is 0.588. The SMILES string of the molecule is CC(C)(C)c1ccc(C(NN)c2cnns2)cc1. The Hall–Kier alpha value is -1.30. The van der Waals surface area contributed by atoms with Crippen molar-refractivity contribution in [2.75, 3.05) is 0 Å². The van der Waals surface area contributed by atoms with Crippen LogP contribution in [0.4, 0.5) is 0 Å². The first kappa shape index (κ1) is 13.1. The third-order valence-corrected chi connectivity index (χ3v) is 3.67. The van der Waals surface area contributed by atoms with Crippen molar-refractivity contribution in [2.45, 2.75) is 32.2 Å². The van der Waals surface area contributed by atoms with Gasteiger partial charge in [-0.05, 0) is 28.1 Å². The average Bonchev–Trinajstić information content (AvgIpc) is 2.83. The van der Waals surface area contributed by atoms with Gasteiger partial charge in [0.2, 0.25) is 0 Å². The fourth-order valence-corrected chi connectivity index (χ4v) is 2.41. The number of hydrogen-bond donors (Lipinski definition) is 2. The molecule has 0 aliphatic heterocycles. The third kappa shape index (κ3) is 2.75. The summed E-state index contributed by atoms with van der Waals surface area (Å²) in [5, 5.41) is 3.85. The fraction of sp³-hybridized carbons (Fsp3) is 0.385. The van der Waals surface area contributed by atoms with Crippen molar-refractivity contribution in [1.82, 2.24) is 15.0 Å². The molecule has 0 spiro atoms. The Morgan fingerprint density at radius 1 is 1.22 bits per heavy atom. The highest BCUT2D eigenvalue weighted by atomic mass is 32.1. The monoisotopic (exact) mass is 262 g/mol. The molecule has 1 unspecified atom stereocenters. The highest BCUT2D eigenvalue weighted by molar-refractivity contribution is 7.05. The standard InChI is InChI=1S/C13H18N4S/c1-13(2,3)10-6-4-9(5-7-10)12(16-14)11-8-15-17-18-11/h4-8,12,16H,14H2,1-3H3. The van der Waals surface area contributed by atoms with Crippen LogP contribution in [0.1, 0.15) is 42.8 Å². The van der Waals surface area contributed by atoms with E-state index in [0.717, 1.165) is 10.4 Å². The Labute approximate surface area is 111 Å². The smallest absolute Gasteiger partial charge is 0.0834 e. The van der Waals surface area contributed by atoms with Crippen molar-refractivity contribution in [2.24, 2.45) is 5.84 Å². The van der Waals surface area contributed by atoms with Crippen molar-refractivity contribution >= 4 is 11.5 Å². The minimum Gasteiger partial charge on any atom is -0.271 e. The fourth-order valence-electron chi connectivity index (χ4n) is 1.82. The number of nitrogens with two attached hydrogens (primary N) is 1. The maximum atomic E-state index is 5.62. The number of nitrogens with zero attached hydrogens (tertiary/aromatic N) is 2. The number of nitrogens with one attached hydrogen (secondary N) is 1. The lowest BCUT2D eigenvalue weighted by atomic mass is 9.86. The highest BCUT2D eigenvalue weighted by Gasteiger charge is 2.17. The zero-order valence-corrected chi connectivity index (χ0v) is 11.7. The van der Waals surface area contributed by atoms with E-state index < -0.39 is 0 Å². The lowest BCUT2D eigenvalue weighted by Crippen LogP contribution is -2.28. The van der Waals surface area contributed by atoms with Crippen molar-refractivity contribution in [3.8, 4) is 0 Å². The Bertz CT molecular complexity index is 485. The van der Waals surface area contributed by atoms with Gasteiger partial charge in [0.15, 0.2) is 0 Å². The van der Waals surface area contributed by atoms with E-state index >= 15 is 0 Å². The first-order valence-corrected chi connectivity index (χ1v) is 6.63. The van der Waals surface area contributed by atoms with E-state index in [1.165, 1.54) is 17.1 Å². The van der Waals surface area contributed by atoms with E-state index in [9.17, 15) is 0 Å². The molecule has 0 saturated carbocycles. The summed E-state index contributed by atoms with van der Waals surface area (Å²) in [5.41, 5.74) is 5.40. The van der Waals surface area contributed by atoms with Crippen LogP contribution in [0, 0.1) is 0 Å². The zero-order chi connectivity index (χ0) is 13.2. The van der Waals surface area contributed by atoms with Crippen LogP contribution in [0.25, 0.3) is 0 Å². The van der Waals surface area contributed by atoms with Crippen LogP contribution >= 0.6 is 11.5 Å². The molecular weight excluding hydrogens is 244 g/mol. The normalized spacial score (nSPS) is 13.6. The van der Waals surface area contributed by atoms with Crippen LogP contribution in [0.2, 0.25) is 0 Å². The van der Waals surface area contributed by atoms with Crippen molar-refractivity contribution in [3.05, 3.63) is 46.5 Å². The molecular formula is C13H18N4S. The Balaban J connectivity index is 2.28. The molecule has 5 heteroatoms. The van der Waals surface area contributed by atoms with Gasteiger partial charge in [-0.15, -0.1) is 5.10 Å². The zero-order valence-electron chi connectivity index (χ0n) is 10.8. The third-order valence-electron chi connectivity index (χ3n) is 2.94. The van der Waals surface area contributed by atoms with Gasteiger partial charge < -0.3 is 0 Å². The van der Waals surface area contributed by atoms with Crippen LogP contribution in [-0.4, -0.2) is 9.59 Å². The molecule has 2 rings (SSSR count). The van der Waals surface area contributed by atoms with Gasteiger partial charge >= 0.3 is 0 Å². The number of aromatic nitrogens is 2. The quantitative estimate of drug-likeness (QED) is 0.658. The molecule has 1 atom stereocenters. The van der Waals surface area contributed by atoms with E-state index in [1.54, 1.807) is 6.20 Å². The van der Waals surface area contributed by atoms with Gasteiger partial charge in [0, 0.05) is 0 Å². The Kier molecular flexibility index (Phi) is 3.75. The molecule has 1 aromatic carbocycles. The topological polar surface area (TPSA) is 63.8 Å². The molecule has 0 bridgehead atoms. The summed E-state index contributed by atoms with van der Waals surface area (Å²) < 4.78 is 3.87. The van der Waals surface area contributed by atoms with Gasteiger partial charge in [-0.1, -0.05) is 49.5 Å². The van der Waals surface area contributed by atoms with Gasteiger partial charge in [0.05, 0.1) is 17.1 Å². The molecule has 0 aliphatic carbocycles. The molecule has 1 aromatic heterocycles. The first-order valence-electron chi connectivity index (χ1n) is 5.86. The second kappa shape index (κ2) is 5.14. The maximum Gasteiger partial charge on any atom is 0.0834 e. The van der Waals surface area contributed by atoms with Crippen LogP contribution in [0.3, 0.4) is 0 Å². The molecule has 0 amide bonds. The molecule has 1 heterocycles. The van der Waals surface area contributed by atoms with Crippen molar-refractivity contribution in [1.29, 1.82) is 0 Å². The second-order valence-corrected chi connectivity index (χ2v) is 6.11. The van der Waals surface area contributed by atoms with Crippen molar-refractivity contribution < 1.29 is 0 Å². The summed E-state index contributed by atoms with van der Waals surface area (Å²) >= 11 is 1.36. The molecule has 2 aromatic rings. The summed E-state index contributed by atoms with van der Waals surface area (Å²) in [4.78, 5) is 1.01. The average molecular weight is 262 g/mol. The maximum absolute atomic E-state index is 5.62. The molecule has 0 aliphatic rings. The highest BCUT2D eigenvalue weighted by Crippen LogP contribution is 2.27. The molecule has 4 nitrogen and oxygen atoms in total. The molecule has 0 fully saturated rings. The van der Waals surface area contributed by atoms with Crippen molar-refractivity contribution in [3.63, 3.8) is 0 Å². The summed E-state index contributed by atoms with van der Waals surface area (Å²) in [5.74, 6) is 5.62. The van der Waals surface area contributed by atoms with Crippen LogP contribution in [0.15, 0.2) is 30.5 Å². The van der Waals surface area contributed by atoms with E-state index in [2.05, 4.69) is 60.0 Å². The first-order chi connectivity index (χ1) is 8.52. The summed E-state index contributed by atoms with van der Waals surface area (Å²) in [6.07, 6.45) is 1.74. The van der Waals surface area contributed by atoms with E-state index in [1.807, 2.05) is 0 Å². The number of rotatable bonds is 3. The predicted molar refractivity (Wildman–Crippen MR) is 74.2 cm³/mol. The van der Waals surface area contributed by atoms with E-state index in [0.29, 0.717) is 0 Å². The lowest BCUT2D eigenvalue weighted by Gasteiger charge is -2.20. The van der Waals surface area contributed by atoms with Crippen LogP contribution in [-0.2, 0) is 5.41 Å². The van der Waals surface area contributed by atoms with Crippen LogP contribution in [0.5, 0.6) is 0 Å². The van der Waals surface area contributed by atoms with Gasteiger partial charge in [-0.3, -0.25) is 5.84 Å². The minimum atomic E-state index is -0.0426. The molecule has 0 radical (unpaired) electrons.